The Morgan fingerprint density at radius 2 is 2.24 bits per heavy atom. The highest BCUT2D eigenvalue weighted by Crippen LogP contribution is 1.99. The number of amides is 1. The van der Waals surface area contributed by atoms with Crippen molar-refractivity contribution in [2.75, 3.05) is 6.54 Å². The largest absolute Gasteiger partial charge is 0.459 e. The molecule has 0 bridgehead atoms. The fraction of sp³-hybridized carbons (Fsp3) is 0.417. The highest BCUT2D eigenvalue weighted by molar-refractivity contribution is 5.73. The topological polar surface area (TPSA) is 68.3 Å². The van der Waals surface area contributed by atoms with E-state index >= 15 is 0 Å². The molecule has 1 aromatic heterocycles. The zero-order valence-electron chi connectivity index (χ0n) is 9.81. The molecule has 0 aliphatic heterocycles. The van der Waals surface area contributed by atoms with Gasteiger partial charge in [0.2, 0.25) is 5.91 Å². The first kappa shape index (κ1) is 13.2. The lowest BCUT2D eigenvalue weighted by atomic mass is 10.3. The van der Waals surface area contributed by atoms with E-state index in [0.29, 0.717) is 19.4 Å². The Morgan fingerprint density at radius 3 is 2.88 bits per heavy atom. The van der Waals surface area contributed by atoms with Crippen LogP contribution in [-0.2, 0) is 20.9 Å². The number of carbonyl (C=O) groups is 2. The standard InChI is InChI=1S/C12H16N2O3/c1-10(15)13-8-4-6-12(16)17-9-11-5-2-3-7-14-11/h2-3,5,7H,4,6,8-9H2,1H3,(H,13,15). The van der Waals surface area contributed by atoms with Crippen molar-refractivity contribution in [3.05, 3.63) is 30.1 Å². The highest BCUT2D eigenvalue weighted by atomic mass is 16.5. The maximum atomic E-state index is 11.3. The van der Waals surface area contributed by atoms with E-state index in [2.05, 4.69) is 10.3 Å². The normalized spacial score (nSPS) is 9.71. The first-order chi connectivity index (χ1) is 8.18. The molecule has 5 nitrogen and oxygen atoms in total. The number of esters is 1. The van der Waals surface area contributed by atoms with E-state index in [1.54, 1.807) is 18.3 Å². The van der Waals surface area contributed by atoms with Gasteiger partial charge in [0, 0.05) is 26.1 Å². The smallest absolute Gasteiger partial charge is 0.306 e. The number of pyridine rings is 1. The molecule has 0 aliphatic carbocycles. The van der Waals surface area contributed by atoms with E-state index < -0.39 is 0 Å². The average molecular weight is 236 g/mol. The van der Waals surface area contributed by atoms with Gasteiger partial charge in [-0.05, 0) is 18.6 Å². The third-order valence-electron chi connectivity index (χ3n) is 2.04. The minimum absolute atomic E-state index is 0.0909. The summed E-state index contributed by atoms with van der Waals surface area (Å²) in [6, 6.07) is 5.44. The maximum absolute atomic E-state index is 11.3. The Kier molecular flexibility index (Phi) is 5.71. The van der Waals surface area contributed by atoms with Crippen LogP contribution in [0.25, 0.3) is 0 Å². The van der Waals surface area contributed by atoms with Crippen LogP contribution in [0.4, 0.5) is 0 Å². The number of hydrogen-bond acceptors (Lipinski definition) is 4. The van der Waals surface area contributed by atoms with E-state index in [4.69, 9.17) is 4.74 Å². The van der Waals surface area contributed by atoms with Crippen LogP contribution in [0.15, 0.2) is 24.4 Å². The van der Waals surface area contributed by atoms with E-state index in [-0.39, 0.29) is 18.5 Å². The molecule has 1 N–H and O–H groups in total. The fourth-order valence-electron chi connectivity index (χ4n) is 1.21. The van der Waals surface area contributed by atoms with Crippen LogP contribution in [0.3, 0.4) is 0 Å². The molecule has 17 heavy (non-hydrogen) atoms. The van der Waals surface area contributed by atoms with Crippen molar-refractivity contribution in [3.8, 4) is 0 Å². The molecule has 0 aromatic carbocycles. The molecule has 0 saturated heterocycles. The zero-order valence-corrected chi connectivity index (χ0v) is 9.81. The Balaban J connectivity index is 2.11. The van der Waals surface area contributed by atoms with Crippen molar-refractivity contribution in [1.82, 2.24) is 10.3 Å². The molecule has 1 heterocycles. The van der Waals surface area contributed by atoms with Gasteiger partial charge in [0.1, 0.15) is 6.61 Å². The summed E-state index contributed by atoms with van der Waals surface area (Å²) in [6.45, 7) is 2.13. The van der Waals surface area contributed by atoms with Crippen LogP contribution in [0.1, 0.15) is 25.5 Å². The molecule has 0 aliphatic rings. The SMILES string of the molecule is CC(=O)NCCCC(=O)OCc1ccccn1. The van der Waals surface area contributed by atoms with Gasteiger partial charge in [0.15, 0.2) is 0 Å². The van der Waals surface area contributed by atoms with E-state index in [0.717, 1.165) is 5.69 Å². The highest BCUT2D eigenvalue weighted by Gasteiger charge is 2.03. The third kappa shape index (κ3) is 6.29. The molecule has 0 radical (unpaired) electrons. The lowest BCUT2D eigenvalue weighted by molar-refractivity contribution is -0.145. The molecule has 1 rings (SSSR count). The number of nitrogens with one attached hydrogen (secondary N) is 1. The molecule has 1 aromatic rings. The molecule has 1 amide bonds. The van der Waals surface area contributed by atoms with Crippen LogP contribution >= 0.6 is 0 Å². The quantitative estimate of drug-likeness (QED) is 0.592. The van der Waals surface area contributed by atoms with Gasteiger partial charge in [0.25, 0.3) is 0 Å². The molecule has 0 fully saturated rings. The van der Waals surface area contributed by atoms with Crippen molar-refractivity contribution in [1.29, 1.82) is 0 Å². The van der Waals surface area contributed by atoms with Crippen molar-refractivity contribution < 1.29 is 14.3 Å². The number of hydrogen-bond donors (Lipinski definition) is 1. The van der Waals surface area contributed by atoms with Crippen LogP contribution in [0.2, 0.25) is 0 Å². The van der Waals surface area contributed by atoms with Gasteiger partial charge >= 0.3 is 5.97 Å². The van der Waals surface area contributed by atoms with Gasteiger partial charge in [-0.2, -0.15) is 0 Å². The summed E-state index contributed by atoms with van der Waals surface area (Å²) in [4.78, 5) is 25.9. The summed E-state index contributed by atoms with van der Waals surface area (Å²) in [7, 11) is 0. The van der Waals surface area contributed by atoms with Crippen LogP contribution < -0.4 is 5.32 Å². The maximum Gasteiger partial charge on any atom is 0.306 e. The van der Waals surface area contributed by atoms with E-state index in [9.17, 15) is 9.59 Å². The van der Waals surface area contributed by atoms with Gasteiger partial charge in [-0.15, -0.1) is 0 Å². The second-order valence-electron chi connectivity index (χ2n) is 3.57. The first-order valence-electron chi connectivity index (χ1n) is 5.48. The number of ether oxygens (including phenoxy) is 1. The average Bonchev–Trinajstić information content (AvgIpc) is 2.33. The van der Waals surface area contributed by atoms with Crippen LogP contribution in [-0.4, -0.2) is 23.4 Å². The van der Waals surface area contributed by atoms with Crippen molar-refractivity contribution >= 4 is 11.9 Å². The van der Waals surface area contributed by atoms with Crippen LogP contribution in [0.5, 0.6) is 0 Å². The summed E-state index contributed by atoms with van der Waals surface area (Å²) in [5, 5.41) is 2.62. The van der Waals surface area contributed by atoms with Crippen molar-refractivity contribution in [3.63, 3.8) is 0 Å². The monoisotopic (exact) mass is 236 g/mol. The van der Waals surface area contributed by atoms with Gasteiger partial charge < -0.3 is 10.1 Å². The number of carbonyl (C=O) groups excluding carboxylic acids is 2. The third-order valence-corrected chi connectivity index (χ3v) is 2.04. The summed E-state index contributed by atoms with van der Waals surface area (Å²) >= 11 is 0. The minimum Gasteiger partial charge on any atom is -0.459 e. The Labute approximate surface area is 100 Å². The Morgan fingerprint density at radius 1 is 1.41 bits per heavy atom. The van der Waals surface area contributed by atoms with Crippen LogP contribution in [0, 0.1) is 0 Å². The molecule has 0 spiro atoms. The van der Waals surface area contributed by atoms with Gasteiger partial charge in [0.05, 0.1) is 5.69 Å². The van der Waals surface area contributed by atoms with Gasteiger partial charge in [-0.25, -0.2) is 0 Å². The second kappa shape index (κ2) is 7.38. The number of aromatic nitrogens is 1. The van der Waals surface area contributed by atoms with E-state index in [1.807, 2.05) is 6.07 Å². The second-order valence-corrected chi connectivity index (χ2v) is 3.57. The lowest BCUT2D eigenvalue weighted by Gasteiger charge is -2.04. The molecule has 92 valence electrons. The van der Waals surface area contributed by atoms with Crippen molar-refractivity contribution in [2.24, 2.45) is 0 Å². The first-order valence-corrected chi connectivity index (χ1v) is 5.48. The summed E-state index contributed by atoms with van der Waals surface area (Å²) in [6.07, 6.45) is 2.54. The Hall–Kier alpha value is -1.91. The summed E-state index contributed by atoms with van der Waals surface area (Å²) < 4.78 is 5.02. The minimum atomic E-state index is -0.277. The molecule has 0 unspecified atom stereocenters. The van der Waals surface area contributed by atoms with E-state index in [1.165, 1.54) is 6.92 Å². The zero-order chi connectivity index (χ0) is 12.5. The summed E-state index contributed by atoms with van der Waals surface area (Å²) in [5.41, 5.74) is 0.725. The predicted molar refractivity (Wildman–Crippen MR) is 62.0 cm³/mol. The molecule has 5 heteroatoms. The molecular weight excluding hydrogens is 220 g/mol. The number of nitrogens with zero attached hydrogens (tertiary/aromatic N) is 1. The van der Waals surface area contributed by atoms with Gasteiger partial charge in [-0.1, -0.05) is 6.07 Å². The predicted octanol–water partition coefficient (Wildman–Crippen LogP) is 1.04. The van der Waals surface area contributed by atoms with Gasteiger partial charge in [-0.3, -0.25) is 14.6 Å². The number of rotatable bonds is 6. The summed E-state index contributed by atoms with van der Waals surface area (Å²) in [5.74, 6) is -0.368. The fourth-order valence-corrected chi connectivity index (χ4v) is 1.21. The lowest BCUT2D eigenvalue weighted by Crippen LogP contribution is -2.21. The molecule has 0 saturated carbocycles. The molecular formula is C12H16N2O3. The Bertz CT molecular complexity index is 365. The molecule has 0 atom stereocenters. The van der Waals surface area contributed by atoms with Crippen molar-refractivity contribution in [2.45, 2.75) is 26.4 Å².